The largest absolute Gasteiger partial charge is 0.289 e. The van der Waals surface area contributed by atoms with Crippen LogP contribution >= 0.6 is 11.8 Å². The van der Waals surface area contributed by atoms with E-state index in [0.717, 1.165) is 4.90 Å². The topological polar surface area (TPSA) is 86.7 Å². The van der Waals surface area contributed by atoms with Gasteiger partial charge < -0.3 is 0 Å². The van der Waals surface area contributed by atoms with Gasteiger partial charge >= 0.3 is 0 Å². The van der Waals surface area contributed by atoms with Crippen LogP contribution in [0.1, 0.15) is 27.1 Å². The minimum atomic E-state index is -1.00. The van der Waals surface area contributed by atoms with Crippen LogP contribution in [0.4, 0.5) is 0 Å². The second-order valence-corrected chi connectivity index (χ2v) is 5.28. The number of thioether (sulfide) groups is 1. The van der Waals surface area contributed by atoms with Crippen molar-refractivity contribution in [3.63, 3.8) is 0 Å². The third-order valence-corrected chi connectivity index (χ3v) is 3.79. The number of carbonyl (C=O) groups is 3. The molecule has 7 heteroatoms. The van der Waals surface area contributed by atoms with Crippen LogP contribution < -0.4 is 5.48 Å². The molecule has 0 aliphatic carbocycles. The predicted molar refractivity (Wildman–Crippen MR) is 73.7 cm³/mol. The fraction of sp³-hybridized carbons (Fsp3) is 0.308. The molecule has 1 aliphatic heterocycles. The number of nitrogens with one attached hydrogen (secondary N) is 1. The number of fused-ring (bicyclic) bond motifs is 1. The fourth-order valence-corrected chi connectivity index (χ4v) is 2.63. The summed E-state index contributed by atoms with van der Waals surface area (Å²) in [4.78, 5) is 37.2. The Hall–Kier alpha value is -1.86. The van der Waals surface area contributed by atoms with Crippen molar-refractivity contribution >= 4 is 29.5 Å². The van der Waals surface area contributed by atoms with Gasteiger partial charge in [-0.3, -0.25) is 24.5 Å². The zero-order chi connectivity index (χ0) is 14.7. The molecule has 6 nitrogen and oxygen atoms in total. The zero-order valence-electron chi connectivity index (χ0n) is 10.8. The predicted octanol–water partition coefficient (Wildman–Crippen LogP) is 0.910. The molecule has 0 unspecified atom stereocenters. The Balaban J connectivity index is 2.34. The first-order valence-electron chi connectivity index (χ1n) is 6.01. The lowest BCUT2D eigenvalue weighted by Crippen LogP contribution is -2.49. The van der Waals surface area contributed by atoms with Gasteiger partial charge in [-0.2, -0.15) is 11.8 Å². The van der Waals surface area contributed by atoms with Gasteiger partial charge in [0.05, 0.1) is 11.1 Å². The van der Waals surface area contributed by atoms with Gasteiger partial charge in [-0.1, -0.05) is 12.1 Å². The molecule has 1 aliphatic rings. The highest BCUT2D eigenvalue weighted by molar-refractivity contribution is 7.98. The highest BCUT2D eigenvalue weighted by Gasteiger charge is 2.42. The van der Waals surface area contributed by atoms with E-state index in [4.69, 9.17) is 5.21 Å². The van der Waals surface area contributed by atoms with E-state index in [-0.39, 0.29) is 11.1 Å². The molecule has 2 rings (SSSR count). The smallest absolute Gasteiger partial charge is 0.266 e. The molecule has 3 amide bonds. The molecule has 0 saturated carbocycles. The molecule has 1 aromatic carbocycles. The summed E-state index contributed by atoms with van der Waals surface area (Å²) < 4.78 is 0. The first-order valence-corrected chi connectivity index (χ1v) is 7.41. The summed E-state index contributed by atoms with van der Waals surface area (Å²) in [6.07, 6.45) is 2.15. The normalized spacial score (nSPS) is 15.2. The number of carbonyl (C=O) groups excluding carboxylic acids is 3. The van der Waals surface area contributed by atoms with Crippen molar-refractivity contribution in [2.45, 2.75) is 12.5 Å². The van der Waals surface area contributed by atoms with Gasteiger partial charge in [0, 0.05) is 0 Å². The molecule has 1 heterocycles. The maximum atomic E-state index is 12.3. The third kappa shape index (κ3) is 2.41. The Morgan fingerprint density at radius 1 is 1.30 bits per heavy atom. The minimum Gasteiger partial charge on any atom is -0.289 e. The molecule has 0 fully saturated rings. The SMILES string of the molecule is CSCC[C@H](C(=O)NO)N1C(=O)c2ccccc2C1=O. The number of imide groups is 1. The molecule has 20 heavy (non-hydrogen) atoms. The van der Waals surface area contributed by atoms with E-state index in [2.05, 4.69) is 0 Å². The van der Waals surface area contributed by atoms with Gasteiger partial charge in [-0.25, -0.2) is 5.48 Å². The standard InChI is InChI=1S/C13H14N2O4S/c1-20-7-6-10(11(16)14-19)15-12(17)8-4-2-3-5-9(8)13(15)18/h2-5,10,19H,6-7H2,1H3,(H,14,16)/t10-/m1/s1. The summed E-state index contributed by atoms with van der Waals surface area (Å²) in [7, 11) is 0. The van der Waals surface area contributed by atoms with Crippen molar-refractivity contribution in [1.29, 1.82) is 0 Å². The van der Waals surface area contributed by atoms with E-state index in [9.17, 15) is 14.4 Å². The van der Waals surface area contributed by atoms with Crippen LogP contribution in [0.15, 0.2) is 24.3 Å². The molecule has 0 spiro atoms. The summed E-state index contributed by atoms with van der Waals surface area (Å²) in [5, 5.41) is 8.80. The lowest BCUT2D eigenvalue weighted by Gasteiger charge is -2.23. The van der Waals surface area contributed by atoms with Crippen molar-refractivity contribution in [3.8, 4) is 0 Å². The van der Waals surface area contributed by atoms with Crippen molar-refractivity contribution in [2.24, 2.45) is 0 Å². The van der Waals surface area contributed by atoms with Crippen LogP contribution in [-0.2, 0) is 4.79 Å². The van der Waals surface area contributed by atoms with Crippen LogP contribution in [0.2, 0.25) is 0 Å². The molecule has 1 aromatic rings. The number of hydrogen-bond acceptors (Lipinski definition) is 5. The average Bonchev–Trinajstić information content (AvgIpc) is 2.73. The molecule has 2 N–H and O–H groups in total. The van der Waals surface area contributed by atoms with Gasteiger partial charge in [0.2, 0.25) is 0 Å². The van der Waals surface area contributed by atoms with Gasteiger partial charge in [-0.05, 0) is 30.6 Å². The Bertz CT molecular complexity index is 526. The van der Waals surface area contributed by atoms with Crippen LogP contribution in [0.5, 0.6) is 0 Å². The van der Waals surface area contributed by atoms with E-state index in [1.165, 1.54) is 17.2 Å². The number of nitrogens with zero attached hydrogens (tertiary/aromatic N) is 1. The molecule has 0 radical (unpaired) electrons. The lowest BCUT2D eigenvalue weighted by atomic mass is 10.1. The molecule has 0 bridgehead atoms. The molecular weight excluding hydrogens is 280 g/mol. The maximum absolute atomic E-state index is 12.3. The molecule has 0 saturated heterocycles. The van der Waals surface area contributed by atoms with E-state index in [1.54, 1.807) is 24.3 Å². The average molecular weight is 294 g/mol. The molecule has 106 valence electrons. The summed E-state index contributed by atoms with van der Waals surface area (Å²) in [6, 6.07) is 5.43. The van der Waals surface area contributed by atoms with E-state index >= 15 is 0 Å². The number of amides is 3. The third-order valence-electron chi connectivity index (χ3n) is 3.15. The van der Waals surface area contributed by atoms with Crippen LogP contribution in [0.3, 0.4) is 0 Å². The zero-order valence-corrected chi connectivity index (χ0v) is 11.6. The number of hydrogen-bond donors (Lipinski definition) is 2. The second-order valence-electron chi connectivity index (χ2n) is 4.30. The van der Waals surface area contributed by atoms with Crippen molar-refractivity contribution in [1.82, 2.24) is 10.4 Å². The van der Waals surface area contributed by atoms with E-state index in [0.29, 0.717) is 12.2 Å². The van der Waals surface area contributed by atoms with Gasteiger partial charge in [0.1, 0.15) is 6.04 Å². The summed E-state index contributed by atoms with van der Waals surface area (Å²) in [6.45, 7) is 0. The summed E-state index contributed by atoms with van der Waals surface area (Å²) >= 11 is 1.49. The Labute approximate surface area is 120 Å². The highest BCUT2D eigenvalue weighted by atomic mass is 32.2. The van der Waals surface area contributed by atoms with Gasteiger partial charge in [0.25, 0.3) is 17.7 Å². The molecule has 1 atom stereocenters. The van der Waals surface area contributed by atoms with Crippen molar-refractivity contribution < 1.29 is 19.6 Å². The molecule has 0 aromatic heterocycles. The highest BCUT2D eigenvalue weighted by Crippen LogP contribution is 2.26. The second kappa shape index (κ2) is 6.06. The minimum absolute atomic E-state index is 0.289. The van der Waals surface area contributed by atoms with Crippen molar-refractivity contribution in [3.05, 3.63) is 35.4 Å². The number of hydroxylamine groups is 1. The number of rotatable bonds is 5. The van der Waals surface area contributed by atoms with Gasteiger partial charge in [0.15, 0.2) is 0 Å². The first-order chi connectivity index (χ1) is 9.61. The first kappa shape index (κ1) is 14.5. The van der Waals surface area contributed by atoms with Crippen LogP contribution in [-0.4, -0.2) is 45.9 Å². The van der Waals surface area contributed by atoms with Gasteiger partial charge in [-0.15, -0.1) is 0 Å². The molecular formula is C13H14N2O4S. The summed E-state index contributed by atoms with van der Waals surface area (Å²) in [5.74, 6) is -1.17. The van der Waals surface area contributed by atoms with E-state index < -0.39 is 23.8 Å². The monoisotopic (exact) mass is 294 g/mol. The fourth-order valence-electron chi connectivity index (χ4n) is 2.17. The quantitative estimate of drug-likeness (QED) is 0.479. The maximum Gasteiger partial charge on any atom is 0.266 e. The Kier molecular flexibility index (Phi) is 4.41. The Morgan fingerprint density at radius 3 is 2.30 bits per heavy atom. The number of benzene rings is 1. The van der Waals surface area contributed by atoms with E-state index in [1.807, 2.05) is 6.26 Å². The lowest BCUT2D eigenvalue weighted by molar-refractivity contribution is -0.133. The van der Waals surface area contributed by atoms with Crippen LogP contribution in [0, 0.1) is 0 Å². The van der Waals surface area contributed by atoms with Crippen molar-refractivity contribution in [2.75, 3.05) is 12.0 Å². The summed E-state index contributed by atoms with van der Waals surface area (Å²) in [5.41, 5.74) is 2.10. The van der Waals surface area contributed by atoms with Crippen LogP contribution in [0.25, 0.3) is 0 Å². The Morgan fingerprint density at radius 2 is 1.85 bits per heavy atom.